The standard InChI is InChI=1S/C13H19NO2S/c1-15-8-4-5-10(14)12-9-17-13-7-3-2-6-11(13)16-12/h2-3,6-7,10,12H,4-5,8-9,14H2,1H3. The molecule has 2 atom stereocenters. The van der Waals surface area contributed by atoms with Crippen LogP contribution in [0, 0.1) is 0 Å². The highest BCUT2D eigenvalue weighted by Crippen LogP contribution is 2.35. The Bertz CT molecular complexity index is 359. The van der Waals surface area contributed by atoms with Gasteiger partial charge >= 0.3 is 0 Å². The van der Waals surface area contributed by atoms with Crippen LogP contribution in [-0.2, 0) is 4.74 Å². The number of benzene rings is 1. The van der Waals surface area contributed by atoms with E-state index in [9.17, 15) is 0 Å². The zero-order chi connectivity index (χ0) is 12.1. The van der Waals surface area contributed by atoms with Gasteiger partial charge in [-0.15, -0.1) is 11.8 Å². The smallest absolute Gasteiger partial charge is 0.133 e. The van der Waals surface area contributed by atoms with Gasteiger partial charge in [-0.3, -0.25) is 0 Å². The van der Waals surface area contributed by atoms with Gasteiger partial charge in [0.1, 0.15) is 11.9 Å². The number of rotatable bonds is 5. The van der Waals surface area contributed by atoms with Crippen LogP contribution in [-0.4, -0.2) is 31.6 Å². The highest BCUT2D eigenvalue weighted by atomic mass is 32.2. The average Bonchev–Trinajstić information content (AvgIpc) is 2.38. The first-order valence-corrected chi connectivity index (χ1v) is 6.93. The van der Waals surface area contributed by atoms with Gasteiger partial charge in [0.05, 0.1) is 0 Å². The van der Waals surface area contributed by atoms with Crippen LogP contribution in [0.1, 0.15) is 12.8 Å². The maximum absolute atomic E-state index is 6.15. The molecule has 94 valence electrons. The first-order valence-electron chi connectivity index (χ1n) is 5.94. The fourth-order valence-corrected chi connectivity index (χ4v) is 2.99. The largest absolute Gasteiger partial charge is 0.487 e. The number of fused-ring (bicyclic) bond motifs is 1. The fourth-order valence-electron chi connectivity index (χ4n) is 1.90. The van der Waals surface area contributed by atoms with Crippen molar-refractivity contribution in [3.05, 3.63) is 24.3 Å². The molecule has 0 saturated carbocycles. The van der Waals surface area contributed by atoms with Crippen LogP contribution in [0.25, 0.3) is 0 Å². The van der Waals surface area contributed by atoms with Crippen molar-refractivity contribution in [2.45, 2.75) is 29.9 Å². The van der Waals surface area contributed by atoms with E-state index >= 15 is 0 Å². The van der Waals surface area contributed by atoms with Gasteiger partial charge in [0.25, 0.3) is 0 Å². The maximum Gasteiger partial charge on any atom is 0.133 e. The number of methoxy groups -OCH3 is 1. The number of nitrogens with two attached hydrogens (primary N) is 1. The lowest BCUT2D eigenvalue weighted by atomic mass is 10.1. The quantitative estimate of drug-likeness (QED) is 0.818. The van der Waals surface area contributed by atoms with E-state index in [0.29, 0.717) is 0 Å². The summed E-state index contributed by atoms with van der Waals surface area (Å²) < 4.78 is 11.0. The van der Waals surface area contributed by atoms with E-state index in [1.54, 1.807) is 7.11 Å². The van der Waals surface area contributed by atoms with E-state index in [2.05, 4.69) is 6.07 Å². The second-order valence-electron chi connectivity index (χ2n) is 4.21. The van der Waals surface area contributed by atoms with Crippen LogP contribution in [0.15, 0.2) is 29.2 Å². The average molecular weight is 253 g/mol. The van der Waals surface area contributed by atoms with Crippen molar-refractivity contribution < 1.29 is 9.47 Å². The summed E-state index contributed by atoms with van der Waals surface area (Å²) >= 11 is 1.83. The molecule has 4 heteroatoms. The van der Waals surface area contributed by atoms with Crippen LogP contribution in [0.3, 0.4) is 0 Å². The van der Waals surface area contributed by atoms with E-state index in [1.165, 1.54) is 4.90 Å². The second kappa shape index (κ2) is 6.28. The molecule has 1 aliphatic rings. The Kier molecular flexibility index (Phi) is 4.71. The summed E-state index contributed by atoms with van der Waals surface area (Å²) in [5.41, 5.74) is 6.15. The van der Waals surface area contributed by atoms with Crippen LogP contribution in [0.2, 0.25) is 0 Å². The van der Waals surface area contributed by atoms with Crippen LogP contribution in [0.4, 0.5) is 0 Å². The molecule has 1 aromatic rings. The Labute approximate surface area is 107 Å². The molecular formula is C13H19NO2S. The first-order chi connectivity index (χ1) is 8.31. The number of para-hydroxylation sites is 1. The van der Waals surface area contributed by atoms with Crippen LogP contribution < -0.4 is 10.5 Å². The van der Waals surface area contributed by atoms with E-state index in [0.717, 1.165) is 31.0 Å². The molecule has 1 aromatic carbocycles. The third kappa shape index (κ3) is 3.37. The van der Waals surface area contributed by atoms with Gasteiger partial charge in [-0.25, -0.2) is 0 Å². The van der Waals surface area contributed by atoms with Gasteiger partial charge in [0, 0.05) is 30.4 Å². The molecule has 1 heterocycles. The molecule has 0 aromatic heterocycles. The highest BCUT2D eigenvalue weighted by Gasteiger charge is 2.25. The lowest BCUT2D eigenvalue weighted by molar-refractivity contribution is 0.158. The molecule has 2 unspecified atom stereocenters. The lowest BCUT2D eigenvalue weighted by Gasteiger charge is -2.29. The molecule has 0 saturated heterocycles. The second-order valence-corrected chi connectivity index (χ2v) is 5.27. The van der Waals surface area contributed by atoms with E-state index in [1.807, 2.05) is 30.0 Å². The summed E-state index contributed by atoms with van der Waals surface area (Å²) in [5, 5.41) is 0. The molecule has 0 amide bonds. The number of hydrogen-bond donors (Lipinski definition) is 1. The Balaban J connectivity index is 1.88. The minimum absolute atomic E-state index is 0.0889. The van der Waals surface area contributed by atoms with Crippen molar-refractivity contribution in [1.82, 2.24) is 0 Å². The Morgan fingerprint density at radius 3 is 3.18 bits per heavy atom. The fraction of sp³-hybridized carbons (Fsp3) is 0.538. The van der Waals surface area contributed by atoms with Crippen molar-refractivity contribution in [1.29, 1.82) is 0 Å². The summed E-state index contributed by atoms with van der Waals surface area (Å²) in [7, 11) is 1.72. The zero-order valence-electron chi connectivity index (χ0n) is 10.1. The van der Waals surface area contributed by atoms with Crippen molar-refractivity contribution in [2.75, 3.05) is 19.5 Å². The molecular weight excluding hydrogens is 234 g/mol. The maximum atomic E-state index is 6.15. The van der Waals surface area contributed by atoms with E-state index in [-0.39, 0.29) is 12.1 Å². The predicted molar refractivity (Wildman–Crippen MR) is 70.7 cm³/mol. The van der Waals surface area contributed by atoms with Crippen LogP contribution in [0.5, 0.6) is 5.75 Å². The third-order valence-corrected chi connectivity index (χ3v) is 4.04. The molecule has 0 bridgehead atoms. The first kappa shape index (κ1) is 12.7. The Morgan fingerprint density at radius 1 is 1.53 bits per heavy atom. The van der Waals surface area contributed by atoms with Gasteiger partial charge in [-0.1, -0.05) is 12.1 Å². The summed E-state index contributed by atoms with van der Waals surface area (Å²) in [6.45, 7) is 0.768. The van der Waals surface area contributed by atoms with Gasteiger partial charge < -0.3 is 15.2 Å². The molecule has 3 nitrogen and oxygen atoms in total. The van der Waals surface area contributed by atoms with Gasteiger partial charge in [0.15, 0.2) is 0 Å². The molecule has 0 fully saturated rings. The predicted octanol–water partition coefficient (Wildman–Crippen LogP) is 2.29. The van der Waals surface area contributed by atoms with Gasteiger partial charge in [-0.05, 0) is 25.0 Å². The molecule has 0 spiro atoms. The zero-order valence-corrected chi connectivity index (χ0v) is 10.9. The molecule has 17 heavy (non-hydrogen) atoms. The van der Waals surface area contributed by atoms with Gasteiger partial charge in [0.2, 0.25) is 0 Å². The number of ether oxygens (including phenoxy) is 2. The summed E-state index contributed by atoms with van der Waals surface area (Å²) in [6, 6.07) is 8.22. The van der Waals surface area contributed by atoms with Crippen molar-refractivity contribution in [2.24, 2.45) is 5.73 Å². The third-order valence-electron chi connectivity index (χ3n) is 2.89. The van der Waals surface area contributed by atoms with E-state index < -0.39 is 0 Å². The van der Waals surface area contributed by atoms with E-state index in [4.69, 9.17) is 15.2 Å². The van der Waals surface area contributed by atoms with Crippen molar-refractivity contribution in [3.63, 3.8) is 0 Å². The number of hydrogen-bond acceptors (Lipinski definition) is 4. The summed E-state index contributed by atoms with van der Waals surface area (Å²) in [6.07, 6.45) is 2.05. The lowest BCUT2D eigenvalue weighted by Crippen LogP contribution is -2.42. The molecule has 0 radical (unpaired) electrons. The number of thioether (sulfide) groups is 1. The monoisotopic (exact) mass is 253 g/mol. The molecule has 1 aliphatic heterocycles. The Hall–Kier alpha value is -0.710. The summed E-state index contributed by atoms with van der Waals surface area (Å²) in [4.78, 5) is 1.22. The van der Waals surface area contributed by atoms with Crippen molar-refractivity contribution in [3.8, 4) is 5.75 Å². The SMILES string of the molecule is COCCCC(N)C1CSc2ccccc2O1. The molecule has 0 aliphatic carbocycles. The normalized spacial score (nSPS) is 20.5. The van der Waals surface area contributed by atoms with Gasteiger partial charge in [-0.2, -0.15) is 0 Å². The Morgan fingerprint density at radius 2 is 2.35 bits per heavy atom. The summed E-state index contributed by atoms with van der Waals surface area (Å²) in [5.74, 6) is 1.90. The highest BCUT2D eigenvalue weighted by molar-refractivity contribution is 7.99. The van der Waals surface area contributed by atoms with Crippen molar-refractivity contribution >= 4 is 11.8 Å². The molecule has 2 rings (SSSR count). The minimum Gasteiger partial charge on any atom is -0.487 e. The molecule has 2 N–H and O–H groups in total. The minimum atomic E-state index is 0.0889. The topological polar surface area (TPSA) is 44.5 Å². The van der Waals surface area contributed by atoms with Crippen LogP contribution >= 0.6 is 11.8 Å².